The molecular formula is C19H30N2. The van der Waals surface area contributed by atoms with Gasteiger partial charge in [-0.2, -0.15) is 0 Å². The Labute approximate surface area is 129 Å². The molecule has 1 saturated heterocycles. The molecule has 0 aromatic heterocycles. The second-order valence-corrected chi connectivity index (χ2v) is 7.20. The van der Waals surface area contributed by atoms with Crippen LogP contribution in [0.3, 0.4) is 0 Å². The third-order valence-corrected chi connectivity index (χ3v) is 5.72. The van der Waals surface area contributed by atoms with Crippen molar-refractivity contribution in [3.05, 3.63) is 29.3 Å². The van der Waals surface area contributed by atoms with Gasteiger partial charge >= 0.3 is 0 Å². The van der Waals surface area contributed by atoms with Crippen LogP contribution >= 0.6 is 0 Å². The first kappa shape index (κ1) is 14.9. The summed E-state index contributed by atoms with van der Waals surface area (Å²) in [7, 11) is 2.01. The summed E-state index contributed by atoms with van der Waals surface area (Å²) in [5.74, 6) is 0. The molecule has 2 nitrogen and oxygen atoms in total. The molecule has 2 heteroatoms. The number of nitrogens with one attached hydrogen (secondary N) is 1. The zero-order valence-electron chi connectivity index (χ0n) is 13.8. The van der Waals surface area contributed by atoms with Crippen LogP contribution in [0.15, 0.2) is 18.2 Å². The number of hydrogen-bond acceptors (Lipinski definition) is 2. The molecule has 0 radical (unpaired) electrons. The summed E-state index contributed by atoms with van der Waals surface area (Å²) in [5, 5.41) is 3.24. The number of benzene rings is 1. The SMILES string of the molecule is CNCc1ccc(N2CCC3(CCCCC3)CC2)c(C)c1. The van der Waals surface area contributed by atoms with Gasteiger partial charge in [-0.25, -0.2) is 0 Å². The monoisotopic (exact) mass is 286 g/mol. The van der Waals surface area contributed by atoms with Crippen molar-refractivity contribution in [2.24, 2.45) is 5.41 Å². The van der Waals surface area contributed by atoms with Crippen LogP contribution in [-0.4, -0.2) is 20.1 Å². The Kier molecular flexibility index (Phi) is 4.54. The molecule has 1 spiro atoms. The number of anilines is 1. The Morgan fingerprint density at radius 3 is 2.38 bits per heavy atom. The minimum Gasteiger partial charge on any atom is -0.371 e. The number of hydrogen-bond donors (Lipinski definition) is 1. The summed E-state index contributed by atoms with van der Waals surface area (Å²) in [6.07, 6.45) is 10.2. The molecule has 0 atom stereocenters. The minimum absolute atomic E-state index is 0.703. The second-order valence-electron chi connectivity index (χ2n) is 7.20. The molecule has 0 unspecified atom stereocenters. The van der Waals surface area contributed by atoms with Crippen LogP contribution in [0.5, 0.6) is 0 Å². The average molecular weight is 286 g/mol. The largest absolute Gasteiger partial charge is 0.371 e. The van der Waals surface area contributed by atoms with Gasteiger partial charge < -0.3 is 10.2 Å². The van der Waals surface area contributed by atoms with E-state index in [9.17, 15) is 0 Å². The quantitative estimate of drug-likeness (QED) is 0.893. The maximum absolute atomic E-state index is 3.24. The molecule has 0 amide bonds. The van der Waals surface area contributed by atoms with Crippen molar-refractivity contribution in [1.29, 1.82) is 0 Å². The van der Waals surface area contributed by atoms with Crippen LogP contribution < -0.4 is 10.2 Å². The smallest absolute Gasteiger partial charge is 0.0396 e. The molecule has 116 valence electrons. The van der Waals surface area contributed by atoms with E-state index in [-0.39, 0.29) is 0 Å². The first-order chi connectivity index (χ1) is 10.2. The van der Waals surface area contributed by atoms with Gasteiger partial charge in [0.15, 0.2) is 0 Å². The van der Waals surface area contributed by atoms with Gasteiger partial charge in [0.05, 0.1) is 0 Å². The van der Waals surface area contributed by atoms with Crippen molar-refractivity contribution < 1.29 is 0 Å². The molecule has 2 aliphatic rings. The van der Waals surface area contributed by atoms with Crippen molar-refractivity contribution in [2.45, 2.75) is 58.4 Å². The van der Waals surface area contributed by atoms with Gasteiger partial charge in [0, 0.05) is 25.3 Å². The molecule has 0 bridgehead atoms. The Balaban J connectivity index is 1.66. The molecule has 1 aromatic rings. The van der Waals surface area contributed by atoms with Crippen molar-refractivity contribution >= 4 is 5.69 Å². The lowest BCUT2D eigenvalue weighted by molar-refractivity contribution is 0.144. The van der Waals surface area contributed by atoms with Gasteiger partial charge in [0.2, 0.25) is 0 Å². The summed E-state index contributed by atoms with van der Waals surface area (Å²) in [6.45, 7) is 5.74. The van der Waals surface area contributed by atoms with Gasteiger partial charge in [-0.05, 0) is 62.3 Å². The van der Waals surface area contributed by atoms with E-state index in [2.05, 4.69) is 35.3 Å². The van der Waals surface area contributed by atoms with Gasteiger partial charge in [0.1, 0.15) is 0 Å². The molecular weight excluding hydrogens is 256 g/mol. The van der Waals surface area contributed by atoms with Crippen LogP contribution in [-0.2, 0) is 6.54 Å². The van der Waals surface area contributed by atoms with Gasteiger partial charge in [-0.1, -0.05) is 31.4 Å². The highest BCUT2D eigenvalue weighted by atomic mass is 15.1. The van der Waals surface area contributed by atoms with Crippen LogP contribution in [0.4, 0.5) is 5.69 Å². The third kappa shape index (κ3) is 3.26. The molecule has 1 saturated carbocycles. The molecule has 1 heterocycles. The molecule has 1 aromatic carbocycles. The Morgan fingerprint density at radius 1 is 1.05 bits per heavy atom. The first-order valence-corrected chi connectivity index (χ1v) is 8.72. The maximum Gasteiger partial charge on any atom is 0.0396 e. The van der Waals surface area contributed by atoms with Gasteiger partial charge in [-0.3, -0.25) is 0 Å². The van der Waals surface area contributed by atoms with E-state index >= 15 is 0 Å². The van der Waals surface area contributed by atoms with E-state index in [1.54, 1.807) is 0 Å². The highest BCUT2D eigenvalue weighted by molar-refractivity contribution is 5.54. The van der Waals surface area contributed by atoms with Crippen LogP contribution in [0, 0.1) is 12.3 Å². The summed E-state index contributed by atoms with van der Waals surface area (Å²) in [4.78, 5) is 2.62. The number of piperidine rings is 1. The fourth-order valence-corrected chi connectivity index (χ4v) is 4.41. The van der Waals surface area contributed by atoms with Gasteiger partial charge in [0.25, 0.3) is 0 Å². The second kappa shape index (κ2) is 6.39. The lowest BCUT2D eigenvalue weighted by atomic mass is 9.68. The maximum atomic E-state index is 3.24. The Hall–Kier alpha value is -1.02. The van der Waals surface area contributed by atoms with Crippen molar-refractivity contribution in [3.63, 3.8) is 0 Å². The first-order valence-electron chi connectivity index (χ1n) is 8.72. The summed E-state index contributed by atoms with van der Waals surface area (Å²) in [6, 6.07) is 6.96. The predicted molar refractivity (Wildman–Crippen MR) is 90.9 cm³/mol. The molecule has 1 aliphatic carbocycles. The lowest BCUT2D eigenvalue weighted by Crippen LogP contribution is -2.41. The van der Waals surface area contributed by atoms with E-state index in [4.69, 9.17) is 0 Å². The number of rotatable bonds is 3. The molecule has 3 rings (SSSR count). The standard InChI is InChI=1S/C19H30N2/c1-16-14-17(15-20-2)6-7-18(16)21-12-10-19(11-13-21)8-4-3-5-9-19/h6-7,14,20H,3-5,8-13,15H2,1-2H3. The minimum atomic E-state index is 0.703. The molecule has 1 N–H and O–H groups in total. The van der Waals surface area contributed by atoms with Crippen LogP contribution in [0.25, 0.3) is 0 Å². The van der Waals surface area contributed by atoms with Crippen molar-refractivity contribution in [3.8, 4) is 0 Å². The normalized spacial score (nSPS) is 21.7. The zero-order chi connectivity index (χ0) is 14.7. The Bertz CT molecular complexity index is 464. The van der Waals surface area contributed by atoms with E-state index in [1.807, 2.05) is 7.05 Å². The summed E-state index contributed by atoms with van der Waals surface area (Å²) in [5.41, 5.74) is 4.98. The lowest BCUT2D eigenvalue weighted by Gasteiger charge is -2.45. The third-order valence-electron chi connectivity index (χ3n) is 5.72. The highest BCUT2D eigenvalue weighted by Crippen LogP contribution is 2.45. The summed E-state index contributed by atoms with van der Waals surface area (Å²) < 4.78 is 0. The molecule has 2 fully saturated rings. The van der Waals surface area contributed by atoms with E-state index in [0.717, 1.165) is 6.54 Å². The van der Waals surface area contributed by atoms with Crippen molar-refractivity contribution in [2.75, 3.05) is 25.0 Å². The van der Waals surface area contributed by atoms with Crippen LogP contribution in [0.1, 0.15) is 56.1 Å². The molecule has 1 aliphatic heterocycles. The van der Waals surface area contributed by atoms with E-state index in [1.165, 1.54) is 74.8 Å². The van der Waals surface area contributed by atoms with Gasteiger partial charge in [-0.15, -0.1) is 0 Å². The number of aryl methyl sites for hydroxylation is 1. The molecule has 21 heavy (non-hydrogen) atoms. The van der Waals surface area contributed by atoms with Crippen LogP contribution in [0.2, 0.25) is 0 Å². The fraction of sp³-hybridized carbons (Fsp3) is 0.684. The van der Waals surface area contributed by atoms with E-state index in [0.29, 0.717) is 5.41 Å². The summed E-state index contributed by atoms with van der Waals surface area (Å²) >= 11 is 0. The Morgan fingerprint density at radius 2 is 1.76 bits per heavy atom. The van der Waals surface area contributed by atoms with Crippen molar-refractivity contribution in [1.82, 2.24) is 5.32 Å². The fourth-order valence-electron chi connectivity index (χ4n) is 4.41. The predicted octanol–water partition coefficient (Wildman–Crippen LogP) is 4.27. The highest BCUT2D eigenvalue weighted by Gasteiger charge is 2.35. The topological polar surface area (TPSA) is 15.3 Å². The van der Waals surface area contributed by atoms with E-state index < -0.39 is 0 Å². The zero-order valence-corrected chi connectivity index (χ0v) is 13.8. The number of nitrogens with zero attached hydrogens (tertiary/aromatic N) is 1. The average Bonchev–Trinajstić information content (AvgIpc) is 2.50.